The largest absolute Gasteiger partial charge is 0.457 e. The minimum atomic E-state index is -0.553. The molecule has 1 aromatic heterocycles. The van der Waals surface area contributed by atoms with Gasteiger partial charge in [-0.05, 0) is 60.0 Å². The molecule has 0 saturated heterocycles. The van der Waals surface area contributed by atoms with Crippen molar-refractivity contribution in [2.45, 2.75) is 20.5 Å². The van der Waals surface area contributed by atoms with Gasteiger partial charge in [0.05, 0.1) is 11.8 Å². The fourth-order valence-corrected chi connectivity index (χ4v) is 3.98. The summed E-state index contributed by atoms with van der Waals surface area (Å²) in [6, 6.07) is 23.6. The topological polar surface area (TPSA) is 139 Å². The van der Waals surface area contributed by atoms with E-state index in [-0.39, 0.29) is 47.5 Å². The lowest BCUT2D eigenvalue weighted by Gasteiger charge is -2.23. The Morgan fingerprint density at radius 2 is 1.62 bits per heavy atom. The number of nitrogens with one attached hydrogen (secondary N) is 2. The number of rotatable bonds is 10. The van der Waals surface area contributed by atoms with Crippen LogP contribution in [0.4, 0.5) is 11.6 Å². The van der Waals surface area contributed by atoms with E-state index in [1.165, 1.54) is 23.3 Å². The van der Waals surface area contributed by atoms with Crippen LogP contribution in [0, 0.1) is 11.3 Å². The number of nitrogens with zero attached hydrogens (tertiary/aromatic N) is 1. The molecule has 2 amide bonds. The molecule has 40 heavy (non-hydrogen) atoms. The third-order valence-corrected chi connectivity index (χ3v) is 5.94. The van der Waals surface area contributed by atoms with Crippen LogP contribution in [0.25, 0.3) is 0 Å². The Hall–Kier alpha value is -5.18. The van der Waals surface area contributed by atoms with Gasteiger partial charge < -0.3 is 20.2 Å². The number of nitrogen functional groups attached to an aromatic ring is 1. The molecule has 9 heteroatoms. The monoisotopic (exact) mass is 538 g/mol. The SMILES string of the molecule is CC(C)CN(C(=O)c1cccc(C(=O)OCc2ccccc2)c1)c1occc1C(=O)Nc1ccc(C(=N)N)cc1. The number of amidine groups is 1. The normalized spacial score (nSPS) is 10.7. The number of benzene rings is 3. The minimum Gasteiger partial charge on any atom is -0.457 e. The summed E-state index contributed by atoms with van der Waals surface area (Å²) >= 11 is 0. The van der Waals surface area contributed by atoms with Gasteiger partial charge in [0.25, 0.3) is 11.8 Å². The molecule has 4 rings (SSSR count). The van der Waals surface area contributed by atoms with Crippen LogP contribution in [0.1, 0.15) is 56.0 Å². The van der Waals surface area contributed by atoms with Gasteiger partial charge in [0, 0.05) is 23.4 Å². The molecule has 0 fully saturated rings. The Kier molecular flexibility index (Phi) is 8.75. The molecule has 0 spiro atoms. The van der Waals surface area contributed by atoms with Crippen molar-refractivity contribution in [3.8, 4) is 0 Å². The fourth-order valence-electron chi connectivity index (χ4n) is 3.98. The number of hydrogen-bond donors (Lipinski definition) is 3. The number of amides is 2. The third kappa shape index (κ3) is 6.82. The molecule has 0 aliphatic heterocycles. The zero-order valence-electron chi connectivity index (χ0n) is 22.2. The molecule has 4 N–H and O–H groups in total. The maximum absolute atomic E-state index is 13.7. The number of hydrogen-bond acceptors (Lipinski definition) is 6. The second-order valence-corrected chi connectivity index (χ2v) is 9.54. The Morgan fingerprint density at radius 1 is 0.925 bits per heavy atom. The van der Waals surface area contributed by atoms with Crippen LogP contribution in [-0.4, -0.2) is 30.2 Å². The third-order valence-electron chi connectivity index (χ3n) is 5.94. The highest BCUT2D eigenvalue weighted by atomic mass is 16.5. The van der Waals surface area contributed by atoms with Crippen LogP contribution in [0.5, 0.6) is 0 Å². The average molecular weight is 539 g/mol. The Bertz CT molecular complexity index is 1510. The average Bonchev–Trinajstić information content (AvgIpc) is 3.45. The van der Waals surface area contributed by atoms with Crippen molar-refractivity contribution in [3.05, 3.63) is 119 Å². The second kappa shape index (κ2) is 12.6. The molecule has 204 valence electrons. The lowest BCUT2D eigenvalue weighted by molar-refractivity contribution is 0.0472. The molecule has 0 atom stereocenters. The fraction of sp³-hybridized carbons (Fsp3) is 0.161. The van der Waals surface area contributed by atoms with E-state index in [1.807, 2.05) is 44.2 Å². The van der Waals surface area contributed by atoms with Crippen molar-refractivity contribution < 1.29 is 23.5 Å². The first kappa shape index (κ1) is 27.8. The number of esters is 1. The highest BCUT2D eigenvalue weighted by molar-refractivity contribution is 6.13. The smallest absolute Gasteiger partial charge is 0.338 e. The zero-order valence-corrected chi connectivity index (χ0v) is 22.2. The number of ether oxygens (including phenoxy) is 1. The predicted octanol–water partition coefficient (Wildman–Crippen LogP) is 5.48. The van der Waals surface area contributed by atoms with Crippen LogP contribution in [0.15, 0.2) is 95.6 Å². The van der Waals surface area contributed by atoms with E-state index in [2.05, 4.69) is 5.32 Å². The standard InChI is InChI=1S/C31H30N4O5/c1-20(2)18-35(30-26(15-16-39-30)28(36)34-25-13-11-22(12-14-25)27(32)33)29(37)23-9-6-10-24(17-23)31(38)40-19-21-7-4-3-5-8-21/h3-17,20H,18-19H2,1-2H3,(H3,32,33)(H,34,36). The van der Waals surface area contributed by atoms with Gasteiger partial charge in [-0.2, -0.15) is 0 Å². The van der Waals surface area contributed by atoms with Crippen molar-refractivity contribution in [2.75, 3.05) is 16.8 Å². The van der Waals surface area contributed by atoms with E-state index >= 15 is 0 Å². The van der Waals surface area contributed by atoms with Gasteiger partial charge in [0.2, 0.25) is 5.88 Å². The minimum absolute atomic E-state index is 0.0445. The predicted molar refractivity (Wildman–Crippen MR) is 153 cm³/mol. The van der Waals surface area contributed by atoms with Gasteiger partial charge in [0.15, 0.2) is 0 Å². The van der Waals surface area contributed by atoms with Gasteiger partial charge >= 0.3 is 5.97 Å². The number of anilines is 2. The van der Waals surface area contributed by atoms with Crippen LogP contribution < -0.4 is 16.0 Å². The summed E-state index contributed by atoms with van der Waals surface area (Å²) in [7, 11) is 0. The molecule has 9 nitrogen and oxygen atoms in total. The lowest BCUT2D eigenvalue weighted by atomic mass is 10.1. The first-order valence-corrected chi connectivity index (χ1v) is 12.7. The van der Waals surface area contributed by atoms with Gasteiger partial charge in [-0.25, -0.2) is 4.79 Å². The van der Waals surface area contributed by atoms with Crippen molar-refractivity contribution >= 4 is 35.2 Å². The van der Waals surface area contributed by atoms with Crippen molar-refractivity contribution in [2.24, 2.45) is 11.7 Å². The molecule has 3 aromatic carbocycles. The number of carbonyl (C=O) groups is 3. The number of carbonyl (C=O) groups excluding carboxylic acids is 3. The molecule has 4 aromatic rings. The summed E-state index contributed by atoms with van der Waals surface area (Å²) in [5.41, 5.74) is 8.02. The van der Waals surface area contributed by atoms with E-state index in [9.17, 15) is 14.4 Å². The first-order valence-electron chi connectivity index (χ1n) is 12.7. The Balaban J connectivity index is 1.54. The summed E-state index contributed by atoms with van der Waals surface area (Å²) in [4.78, 5) is 41.0. The quantitative estimate of drug-likeness (QED) is 0.139. The van der Waals surface area contributed by atoms with Crippen LogP contribution in [0.2, 0.25) is 0 Å². The van der Waals surface area contributed by atoms with Gasteiger partial charge in [-0.3, -0.25) is 19.9 Å². The van der Waals surface area contributed by atoms with E-state index in [4.69, 9.17) is 20.3 Å². The second-order valence-electron chi connectivity index (χ2n) is 9.54. The summed E-state index contributed by atoms with van der Waals surface area (Å²) in [5, 5.41) is 10.3. The van der Waals surface area contributed by atoms with Crippen LogP contribution in [-0.2, 0) is 11.3 Å². The summed E-state index contributed by atoms with van der Waals surface area (Å²) < 4.78 is 11.1. The maximum Gasteiger partial charge on any atom is 0.338 e. The van der Waals surface area contributed by atoms with E-state index < -0.39 is 17.8 Å². The highest BCUT2D eigenvalue weighted by Gasteiger charge is 2.27. The summed E-state index contributed by atoms with van der Waals surface area (Å²) in [5.74, 6) is -1.40. The highest BCUT2D eigenvalue weighted by Crippen LogP contribution is 2.27. The number of furan rings is 1. The van der Waals surface area contributed by atoms with Crippen molar-refractivity contribution in [1.82, 2.24) is 0 Å². The Morgan fingerprint density at radius 3 is 2.30 bits per heavy atom. The summed E-state index contributed by atoms with van der Waals surface area (Å²) in [6.45, 7) is 4.26. The maximum atomic E-state index is 13.7. The number of nitrogens with two attached hydrogens (primary N) is 1. The van der Waals surface area contributed by atoms with E-state index in [0.717, 1.165) is 5.56 Å². The Labute approximate surface area is 232 Å². The molecule has 1 heterocycles. The first-order chi connectivity index (χ1) is 19.2. The molecular weight excluding hydrogens is 508 g/mol. The van der Waals surface area contributed by atoms with Crippen LogP contribution in [0.3, 0.4) is 0 Å². The molecule has 0 saturated carbocycles. The molecule has 0 radical (unpaired) electrons. The van der Waals surface area contributed by atoms with Gasteiger partial charge in [0.1, 0.15) is 18.0 Å². The summed E-state index contributed by atoms with van der Waals surface area (Å²) in [6.07, 6.45) is 1.35. The van der Waals surface area contributed by atoms with E-state index in [1.54, 1.807) is 42.5 Å². The molecule has 0 bridgehead atoms. The van der Waals surface area contributed by atoms with Gasteiger partial charge in [-0.1, -0.05) is 50.2 Å². The van der Waals surface area contributed by atoms with Gasteiger partial charge in [-0.15, -0.1) is 0 Å². The van der Waals surface area contributed by atoms with E-state index in [0.29, 0.717) is 11.3 Å². The molecular formula is C31H30N4O5. The van der Waals surface area contributed by atoms with Crippen molar-refractivity contribution in [3.63, 3.8) is 0 Å². The molecule has 0 unspecified atom stereocenters. The molecule has 0 aliphatic rings. The lowest BCUT2D eigenvalue weighted by Crippen LogP contribution is -2.35. The zero-order chi connectivity index (χ0) is 28.6. The van der Waals surface area contributed by atoms with Crippen molar-refractivity contribution in [1.29, 1.82) is 5.41 Å². The molecule has 0 aliphatic carbocycles. The van der Waals surface area contributed by atoms with Crippen LogP contribution >= 0.6 is 0 Å².